The van der Waals surface area contributed by atoms with Gasteiger partial charge in [-0.3, -0.25) is 0 Å². The number of methoxy groups -OCH3 is 1. The topological polar surface area (TPSA) is 38.5 Å². The summed E-state index contributed by atoms with van der Waals surface area (Å²) in [5, 5.41) is 0. The van der Waals surface area contributed by atoms with Gasteiger partial charge in [-0.05, 0) is 57.0 Å². The van der Waals surface area contributed by atoms with E-state index >= 15 is 0 Å². The van der Waals surface area contributed by atoms with Crippen molar-refractivity contribution in [1.82, 2.24) is 4.90 Å². The fourth-order valence-corrected chi connectivity index (χ4v) is 2.66. The number of nitrogen functional groups attached to an aromatic ring is 1. The number of unbranched alkanes of at least 4 members (excludes halogenated alkanes) is 2. The Labute approximate surface area is 130 Å². The van der Waals surface area contributed by atoms with Gasteiger partial charge in [0.05, 0.1) is 12.8 Å². The summed E-state index contributed by atoms with van der Waals surface area (Å²) < 4.78 is 5.22. The summed E-state index contributed by atoms with van der Waals surface area (Å²) in [6.45, 7) is 9.23. The van der Waals surface area contributed by atoms with Crippen molar-refractivity contribution >= 4 is 5.69 Å². The molecule has 1 aromatic rings. The van der Waals surface area contributed by atoms with Gasteiger partial charge in [0.1, 0.15) is 5.75 Å². The van der Waals surface area contributed by atoms with Gasteiger partial charge >= 0.3 is 0 Å². The Kier molecular flexibility index (Phi) is 8.21. The molecule has 1 unspecified atom stereocenters. The first-order valence-electron chi connectivity index (χ1n) is 8.28. The van der Waals surface area contributed by atoms with Crippen molar-refractivity contribution in [1.29, 1.82) is 0 Å². The summed E-state index contributed by atoms with van der Waals surface area (Å²) in [7, 11) is 1.66. The molecule has 0 aliphatic rings. The first kappa shape index (κ1) is 17.8. The second-order valence-corrected chi connectivity index (χ2v) is 5.87. The maximum Gasteiger partial charge on any atom is 0.141 e. The van der Waals surface area contributed by atoms with Crippen LogP contribution in [0.2, 0.25) is 0 Å². The summed E-state index contributed by atoms with van der Waals surface area (Å²) in [6, 6.07) is 6.70. The van der Waals surface area contributed by atoms with Gasteiger partial charge in [-0.1, -0.05) is 32.8 Å². The summed E-state index contributed by atoms with van der Waals surface area (Å²) >= 11 is 0. The molecule has 120 valence electrons. The van der Waals surface area contributed by atoms with Crippen LogP contribution in [0.3, 0.4) is 0 Å². The molecule has 3 heteroatoms. The molecule has 0 amide bonds. The predicted molar refractivity (Wildman–Crippen MR) is 92.0 cm³/mol. The lowest BCUT2D eigenvalue weighted by Crippen LogP contribution is -2.36. The van der Waals surface area contributed by atoms with Crippen molar-refractivity contribution in [3.63, 3.8) is 0 Å². The van der Waals surface area contributed by atoms with Crippen LogP contribution in [0.25, 0.3) is 0 Å². The maximum absolute atomic E-state index is 6.01. The van der Waals surface area contributed by atoms with Gasteiger partial charge in [-0.15, -0.1) is 0 Å². The highest BCUT2D eigenvalue weighted by Gasteiger charge is 2.14. The zero-order chi connectivity index (χ0) is 15.7. The Hall–Kier alpha value is -1.22. The lowest BCUT2D eigenvalue weighted by atomic mass is 10.0. The van der Waals surface area contributed by atoms with E-state index in [1.54, 1.807) is 7.11 Å². The number of hydrogen-bond donors (Lipinski definition) is 1. The molecule has 0 radical (unpaired) electrons. The van der Waals surface area contributed by atoms with Gasteiger partial charge in [0, 0.05) is 6.04 Å². The summed E-state index contributed by atoms with van der Waals surface area (Å²) in [4.78, 5) is 2.62. The second-order valence-electron chi connectivity index (χ2n) is 5.87. The monoisotopic (exact) mass is 292 g/mol. The van der Waals surface area contributed by atoms with Crippen LogP contribution in [0.5, 0.6) is 5.75 Å². The average Bonchev–Trinajstić information content (AvgIpc) is 2.47. The fourth-order valence-electron chi connectivity index (χ4n) is 2.66. The van der Waals surface area contributed by atoms with Gasteiger partial charge in [0.15, 0.2) is 0 Å². The summed E-state index contributed by atoms with van der Waals surface area (Å²) in [6.07, 6.45) is 6.11. The number of rotatable bonds is 10. The molecule has 0 heterocycles. The fraction of sp³-hybridized carbons (Fsp3) is 0.667. The second kappa shape index (κ2) is 9.67. The Balaban J connectivity index is 2.65. The largest absolute Gasteiger partial charge is 0.495 e. The first-order valence-corrected chi connectivity index (χ1v) is 8.28. The molecule has 0 aliphatic carbocycles. The van der Waals surface area contributed by atoms with Crippen molar-refractivity contribution in [2.24, 2.45) is 0 Å². The van der Waals surface area contributed by atoms with Gasteiger partial charge in [0.2, 0.25) is 0 Å². The van der Waals surface area contributed by atoms with Gasteiger partial charge in [-0.25, -0.2) is 0 Å². The molecule has 0 aromatic heterocycles. The van der Waals surface area contributed by atoms with Crippen molar-refractivity contribution in [3.05, 3.63) is 23.8 Å². The van der Waals surface area contributed by atoms with E-state index in [0.29, 0.717) is 6.04 Å². The highest BCUT2D eigenvalue weighted by atomic mass is 16.5. The van der Waals surface area contributed by atoms with E-state index in [1.807, 2.05) is 12.1 Å². The lowest BCUT2D eigenvalue weighted by molar-refractivity contribution is 0.201. The molecule has 1 rings (SSSR count). The third-order valence-corrected chi connectivity index (χ3v) is 4.05. The van der Waals surface area contributed by atoms with Crippen LogP contribution in [0.1, 0.15) is 52.0 Å². The first-order chi connectivity index (χ1) is 10.1. The molecule has 3 nitrogen and oxygen atoms in total. The zero-order valence-corrected chi connectivity index (χ0v) is 14.2. The maximum atomic E-state index is 6.01. The van der Waals surface area contributed by atoms with E-state index in [9.17, 15) is 0 Å². The summed E-state index contributed by atoms with van der Waals surface area (Å²) in [5.41, 5.74) is 8.03. The molecule has 0 aliphatic heterocycles. The molecule has 0 bridgehead atoms. The molecule has 21 heavy (non-hydrogen) atoms. The van der Waals surface area contributed by atoms with E-state index in [1.165, 1.54) is 44.3 Å². The quantitative estimate of drug-likeness (QED) is 0.660. The number of benzene rings is 1. The van der Waals surface area contributed by atoms with E-state index in [4.69, 9.17) is 10.5 Å². The molecule has 1 aromatic carbocycles. The average molecular weight is 292 g/mol. The van der Waals surface area contributed by atoms with Crippen molar-refractivity contribution in [3.8, 4) is 5.75 Å². The van der Waals surface area contributed by atoms with Crippen LogP contribution in [0.15, 0.2) is 18.2 Å². The SMILES string of the molecule is CCCCN(CCCC)C(C)Cc1ccc(OC)c(N)c1. The Morgan fingerprint density at radius 2 is 1.76 bits per heavy atom. The molecule has 2 N–H and O–H groups in total. The number of anilines is 1. The minimum atomic E-state index is 0.552. The standard InChI is InChI=1S/C18H32N2O/c1-5-7-11-20(12-8-6-2)15(3)13-16-9-10-18(21-4)17(19)14-16/h9-10,14-15H,5-8,11-13,19H2,1-4H3. The predicted octanol–water partition coefficient (Wildman–Crippen LogP) is 4.11. The van der Waals surface area contributed by atoms with Crippen LogP contribution in [0, 0.1) is 0 Å². The number of nitrogens with two attached hydrogens (primary N) is 1. The Morgan fingerprint density at radius 3 is 2.24 bits per heavy atom. The smallest absolute Gasteiger partial charge is 0.141 e. The van der Waals surface area contributed by atoms with Crippen LogP contribution < -0.4 is 10.5 Å². The van der Waals surface area contributed by atoms with Crippen LogP contribution in [-0.2, 0) is 6.42 Å². The third kappa shape index (κ3) is 5.96. The van der Waals surface area contributed by atoms with E-state index in [-0.39, 0.29) is 0 Å². The molecule has 0 spiro atoms. The lowest BCUT2D eigenvalue weighted by Gasteiger charge is -2.29. The zero-order valence-electron chi connectivity index (χ0n) is 14.2. The minimum Gasteiger partial charge on any atom is -0.495 e. The van der Waals surface area contributed by atoms with E-state index in [0.717, 1.165) is 17.9 Å². The molecule has 0 saturated carbocycles. The highest BCUT2D eigenvalue weighted by Crippen LogP contribution is 2.23. The molecule has 0 saturated heterocycles. The normalized spacial score (nSPS) is 12.6. The van der Waals surface area contributed by atoms with Crippen LogP contribution in [0.4, 0.5) is 5.69 Å². The van der Waals surface area contributed by atoms with Gasteiger partial charge in [0.25, 0.3) is 0 Å². The van der Waals surface area contributed by atoms with E-state index < -0.39 is 0 Å². The number of hydrogen-bond acceptors (Lipinski definition) is 3. The molecular weight excluding hydrogens is 260 g/mol. The Bertz CT molecular complexity index is 398. The highest BCUT2D eigenvalue weighted by molar-refractivity contribution is 5.54. The molecule has 1 atom stereocenters. The van der Waals surface area contributed by atoms with Crippen molar-refractivity contribution < 1.29 is 4.74 Å². The Morgan fingerprint density at radius 1 is 1.14 bits per heavy atom. The third-order valence-electron chi connectivity index (χ3n) is 4.05. The van der Waals surface area contributed by atoms with Crippen LogP contribution in [-0.4, -0.2) is 31.1 Å². The summed E-state index contributed by atoms with van der Waals surface area (Å²) in [5.74, 6) is 0.764. The molecule has 0 fully saturated rings. The number of ether oxygens (including phenoxy) is 1. The van der Waals surface area contributed by atoms with Gasteiger partial charge in [-0.2, -0.15) is 0 Å². The van der Waals surface area contributed by atoms with Gasteiger partial charge < -0.3 is 15.4 Å². The molecular formula is C18H32N2O. The van der Waals surface area contributed by atoms with Crippen molar-refractivity contribution in [2.75, 3.05) is 25.9 Å². The van der Waals surface area contributed by atoms with E-state index in [2.05, 4.69) is 31.7 Å². The van der Waals surface area contributed by atoms with Crippen molar-refractivity contribution in [2.45, 2.75) is 58.9 Å². The minimum absolute atomic E-state index is 0.552. The van der Waals surface area contributed by atoms with Crippen LogP contribution >= 0.6 is 0 Å². The number of nitrogens with zero attached hydrogens (tertiary/aromatic N) is 1.